The highest BCUT2D eigenvalue weighted by molar-refractivity contribution is 6.34. The lowest BCUT2D eigenvalue weighted by Gasteiger charge is -2.05. The number of esters is 1. The maximum atomic E-state index is 11.8. The van der Waals surface area contributed by atoms with Crippen molar-refractivity contribution in [1.82, 2.24) is 0 Å². The van der Waals surface area contributed by atoms with Crippen molar-refractivity contribution in [2.75, 3.05) is 6.61 Å². The van der Waals surface area contributed by atoms with E-state index in [4.69, 9.17) is 16.3 Å². The summed E-state index contributed by atoms with van der Waals surface area (Å²) in [7, 11) is 0. The predicted octanol–water partition coefficient (Wildman–Crippen LogP) is 2.01. The lowest BCUT2D eigenvalue weighted by Crippen LogP contribution is -2.35. The molecule has 0 aliphatic heterocycles. The molecular formula is C14H10ClNO4. The lowest BCUT2D eigenvalue weighted by atomic mass is 10.1. The minimum absolute atomic E-state index is 0.181. The van der Waals surface area contributed by atoms with Crippen molar-refractivity contribution in [2.45, 2.75) is 0 Å². The van der Waals surface area contributed by atoms with E-state index >= 15 is 0 Å². The first-order chi connectivity index (χ1) is 9.59. The van der Waals surface area contributed by atoms with Gasteiger partial charge < -0.3 is 9.94 Å². The molecule has 20 heavy (non-hydrogen) atoms. The fraction of sp³-hybridized carbons (Fsp3) is 0.0714. The van der Waals surface area contributed by atoms with Gasteiger partial charge in [-0.3, -0.25) is 4.79 Å². The van der Waals surface area contributed by atoms with Crippen LogP contribution in [0.4, 0.5) is 0 Å². The van der Waals surface area contributed by atoms with Gasteiger partial charge in [-0.15, -0.1) is 0 Å². The van der Waals surface area contributed by atoms with Crippen molar-refractivity contribution in [3.63, 3.8) is 0 Å². The molecular weight excluding hydrogens is 282 g/mol. The van der Waals surface area contributed by atoms with Crippen molar-refractivity contribution < 1.29 is 19.1 Å². The van der Waals surface area contributed by atoms with Gasteiger partial charge in [-0.05, 0) is 18.2 Å². The van der Waals surface area contributed by atoms with Gasteiger partial charge in [-0.2, -0.15) is 4.73 Å². The second-order valence-corrected chi connectivity index (χ2v) is 4.30. The molecule has 0 spiro atoms. The Morgan fingerprint density at radius 2 is 1.85 bits per heavy atom. The maximum absolute atomic E-state index is 11.8. The van der Waals surface area contributed by atoms with E-state index < -0.39 is 18.4 Å². The van der Waals surface area contributed by atoms with Crippen LogP contribution in [-0.2, 0) is 4.74 Å². The second kappa shape index (κ2) is 6.16. The average molecular weight is 292 g/mol. The molecule has 102 valence electrons. The minimum Gasteiger partial charge on any atom is -0.618 e. The summed E-state index contributed by atoms with van der Waals surface area (Å²) < 4.78 is 5.19. The summed E-state index contributed by atoms with van der Waals surface area (Å²) in [5.74, 6) is -1.29. The summed E-state index contributed by atoms with van der Waals surface area (Å²) in [6.07, 6.45) is 1.17. The van der Waals surface area contributed by atoms with E-state index in [0.29, 0.717) is 4.73 Å². The Morgan fingerprint density at radius 3 is 2.55 bits per heavy atom. The molecule has 0 radical (unpaired) electrons. The Bertz CT molecular complexity index is 600. The average Bonchev–Trinajstić information content (AvgIpc) is 2.45. The molecule has 0 aliphatic carbocycles. The smallest absolute Gasteiger partial charge is 0.405 e. The highest BCUT2D eigenvalue weighted by Crippen LogP contribution is 2.15. The molecule has 1 aromatic carbocycles. The van der Waals surface area contributed by atoms with Crippen molar-refractivity contribution in [3.05, 3.63) is 70.1 Å². The highest BCUT2D eigenvalue weighted by atomic mass is 35.5. The summed E-state index contributed by atoms with van der Waals surface area (Å²) in [5.41, 5.74) is 0.0875. The molecule has 0 saturated heterocycles. The van der Waals surface area contributed by atoms with Gasteiger partial charge in [-0.25, -0.2) is 4.79 Å². The molecule has 1 aromatic heterocycles. The van der Waals surface area contributed by atoms with Crippen LogP contribution in [0.5, 0.6) is 0 Å². The van der Waals surface area contributed by atoms with Gasteiger partial charge in [0.25, 0.3) is 0 Å². The van der Waals surface area contributed by atoms with E-state index in [1.807, 2.05) is 0 Å². The first kappa shape index (κ1) is 14.0. The number of nitrogens with zero attached hydrogens (tertiary/aromatic N) is 1. The van der Waals surface area contributed by atoms with Gasteiger partial charge in [0.2, 0.25) is 5.78 Å². The largest absolute Gasteiger partial charge is 0.618 e. The molecule has 0 aliphatic rings. The number of hydrogen-bond donors (Lipinski definition) is 0. The topological polar surface area (TPSA) is 70.3 Å². The summed E-state index contributed by atoms with van der Waals surface area (Å²) in [6, 6.07) is 10.8. The molecule has 0 fully saturated rings. The molecule has 0 amide bonds. The van der Waals surface area contributed by atoms with E-state index in [-0.39, 0.29) is 16.3 Å². The normalized spacial score (nSPS) is 10.1. The molecule has 6 heteroatoms. The van der Waals surface area contributed by atoms with Gasteiger partial charge in [0.1, 0.15) is 0 Å². The van der Waals surface area contributed by atoms with E-state index in [2.05, 4.69) is 0 Å². The van der Waals surface area contributed by atoms with Gasteiger partial charge >= 0.3 is 11.7 Å². The Kier molecular flexibility index (Phi) is 4.32. The third-order valence-corrected chi connectivity index (χ3v) is 2.87. The van der Waals surface area contributed by atoms with Crippen molar-refractivity contribution in [1.29, 1.82) is 0 Å². The molecule has 0 N–H and O–H groups in total. The van der Waals surface area contributed by atoms with Gasteiger partial charge in [0, 0.05) is 17.7 Å². The van der Waals surface area contributed by atoms with Crippen LogP contribution in [0.25, 0.3) is 0 Å². The zero-order valence-corrected chi connectivity index (χ0v) is 11.0. The fourth-order valence-electron chi connectivity index (χ4n) is 1.56. The number of rotatable bonds is 4. The Labute approximate surface area is 120 Å². The SMILES string of the molecule is O=C(COC(=O)c1cccc[n+]1[O-])c1ccccc1Cl. The number of ketones is 1. The summed E-state index contributed by atoms with van der Waals surface area (Å²) in [4.78, 5) is 23.5. The number of pyridine rings is 1. The number of carbonyl (C=O) groups excluding carboxylic acids is 2. The number of aromatic nitrogens is 1. The van der Waals surface area contributed by atoms with Crippen LogP contribution in [0.1, 0.15) is 20.8 Å². The number of halogens is 1. The number of hydrogen-bond acceptors (Lipinski definition) is 4. The van der Waals surface area contributed by atoms with Gasteiger partial charge in [0.05, 0.1) is 5.02 Å². The monoisotopic (exact) mass is 291 g/mol. The van der Waals surface area contributed by atoms with Crippen LogP contribution < -0.4 is 4.73 Å². The number of ether oxygens (including phenoxy) is 1. The van der Waals surface area contributed by atoms with E-state index in [9.17, 15) is 14.8 Å². The maximum Gasteiger partial charge on any atom is 0.405 e. The van der Waals surface area contributed by atoms with Crippen molar-refractivity contribution >= 4 is 23.4 Å². The quantitative estimate of drug-likeness (QED) is 0.374. The van der Waals surface area contributed by atoms with Crippen molar-refractivity contribution in [3.8, 4) is 0 Å². The predicted molar refractivity (Wildman–Crippen MR) is 71.5 cm³/mol. The highest BCUT2D eigenvalue weighted by Gasteiger charge is 2.19. The Hall–Kier alpha value is -2.40. The molecule has 2 aromatic rings. The third-order valence-electron chi connectivity index (χ3n) is 2.54. The first-order valence-corrected chi connectivity index (χ1v) is 6.10. The van der Waals surface area contributed by atoms with Gasteiger partial charge in [0.15, 0.2) is 12.8 Å². The fourth-order valence-corrected chi connectivity index (χ4v) is 1.80. The number of benzene rings is 1. The lowest BCUT2D eigenvalue weighted by molar-refractivity contribution is -0.608. The first-order valence-electron chi connectivity index (χ1n) is 5.72. The molecule has 0 unspecified atom stereocenters. The van der Waals surface area contributed by atoms with E-state index in [1.54, 1.807) is 18.2 Å². The zero-order chi connectivity index (χ0) is 14.5. The summed E-state index contributed by atoms with van der Waals surface area (Å²) in [6.45, 7) is -0.475. The van der Waals surface area contributed by atoms with Crippen LogP contribution in [0.3, 0.4) is 0 Å². The second-order valence-electron chi connectivity index (χ2n) is 3.89. The van der Waals surface area contributed by atoms with Crippen LogP contribution in [0.15, 0.2) is 48.7 Å². The van der Waals surface area contributed by atoms with Gasteiger partial charge in [-0.1, -0.05) is 23.7 Å². The number of Topliss-reactive ketones (excluding diaryl/α,β-unsaturated/α-hetero) is 1. The third kappa shape index (κ3) is 3.13. The molecule has 0 saturated carbocycles. The molecule has 2 rings (SSSR count). The molecule has 5 nitrogen and oxygen atoms in total. The standard InChI is InChI=1S/C14H10ClNO4/c15-11-6-2-1-5-10(11)13(17)9-20-14(18)12-7-3-4-8-16(12)19/h1-8H,9H2. The molecule has 0 bridgehead atoms. The van der Waals surface area contributed by atoms with Crippen LogP contribution in [-0.4, -0.2) is 18.4 Å². The Balaban J connectivity index is 2.03. The molecule has 0 atom stereocenters. The van der Waals surface area contributed by atoms with Crippen LogP contribution >= 0.6 is 11.6 Å². The number of carbonyl (C=O) groups is 2. The van der Waals surface area contributed by atoms with E-state index in [1.165, 1.54) is 30.5 Å². The summed E-state index contributed by atoms with van der Waals surface area (Å²) >= 11 is 5.86. The Morgan fingerprint density at radius 1 is 1.15 bits per heavy atom. The molecule has 1 heterocycles. The summed E-state index contributed by atoms with van der Waals surface area (Å²) in [5, 5.41) is 11.6. The van der Waals surface area contributed by atoms with Crippen LogP contribution in [0.2, 0.25) is 5.02 Å². The zero-order valence-electron chi connectivity index (χ0n) is 10.3. The van der Waals surface area contributed by atoms with Crippen LogP contribution in [0, 0.1) is 5.21 Å². The van der Waals surface area contributed by atoms with Crippen molar-refractivity contribution in [2.24, 2.45) is 0 Å². The van der Waals surface area contributed by atoms with E-state index in [0.717, 1.165) is 0 Å². The minimum atomic E-state index is -0.860.